The molecule has 2 rings (SSSR count). The highest BCUT2D eigenvalue weighted by molar-refractivity contribution is 5.62. The lowest BCUT2D eigenvalue weighted by Crippen LogP contribution is -2.57. The Morgan fingerprint density at radius 2 is 2.10 bits per heavy atom. The van der Waals surface area contributed by atoms with E-state index in [9.17, 15) is 10.1 Å². The van der Waals surface area contributed by atoms with Gasteiger partial charge in [0.25, 0.3) is 0 Å². The van der Waals surface area contributed by atoms with E-state index in [1.807, 2.05) is 13.8 Å². The van der Waals surface area contributed by atoms with Gasteiger partial charge in [-0.3, -0.25) is 10.1 Å². The van der Waals surface area contributed by atoms with Crippen LogP contribution in [0.1, 0.15) is 39.3 Å². The van der Waals surface area contributed by atoms with Crippen LogP contribution in [0.25, 0.3) is 0 Å². The zero-order chi connectivity index (χ0) is 15.1. The van der Waals surface area contributed by atoms with Crippen molar-refractivity contribution >= 4 is 11.5 Å². The molecule has 1 aliphatic rings. The highest BCUT2D eigenvalue weighted by Gasteiger charge is 2.35. The van der Waals surface area contributed by atoms with Crippen molar-refractivity contribution in [1.82, 2.24) is 15.1 Å². The Hall–Kier alpha value is -1.63. The summed E-state index contributed by atoms with van der Waals surface area (Å²) in [4.78, 5) is 13.2. The van der Waals surface area contributed by atoms with Crippen LogP contribution in [0.15, 0.2) is 0 Å². The predicted molar refractivity (Wildman–Crippen MR) is 78.2 cm³/mol. The van der Waals surface area contributed by atoms with Gasteiger partial charge in [-0.2, -0.15) is 5.10 Å². The van der Waals surface area contributed by atoms with E-state index in [1.54, 1.807) is 11.7 Å². The number of aromatic nitrogens is 2. The number of nitro groups is 1. The smallest absolute Gasteiger partial charge is 0.334 e. The standard InChI is InChI=1S/C13H23N5O2/c1-9(2)10-11(18(19)20)12(16(5)15-10)17-7-6-14-13(3,4)8-17/h9,14H,6-8H2,1-5H3. The fraction of sp³-hybridized carbons (Fsp3) is 0.769. The van der Waals surface area contributed by atoms with Crippen molar-refractivity contribution in [3.05, 3.63) is 15.8 Å². The average molecular weight is 281 g/mol. The summed E-state index contributed by atoms with van der Waals surface area (Å²) in [5.74, 6) is 0.652. The van der Waals surface area contributed by atoms with Gasteiger partial charge in [-0.15, -0.1) is 0 Å². The van der Waals surface area contributed by atoms with E-state index in [4.69, 9.17) is 0 Å². The largest absolute Gasteiger partial charge is 0.348 e. The first-order valence-electron chi connectivity index (χ1n) is 6.94. The molecule has 1 fully saturated rings. The lowest BCUT2D eigenvalue weighted by Gasteiger charge is -2.39. The molecule has 0 radical (unpaired) electrons. The van der Waals surface area contributed by atoms with Crippen molar-refractivity contribution < 1.29 is 4.92 Å². The van der Waals surface area contributed by atoms with E-state index in [-0.39, 0.29) is 22.1 Å². The minimum atomic E-state index is -0.299. The SMILES string of the molecule is CC(C)c1nn(C)c(N2CCNC(C)(C)C2)c1[N+](=O)[O-]. The third-order valence-electron chi connectivity index (χ3n) is 3.62. The maximum Gasteiger partial charge on any atom is 0.334 e. The maximum atomic E-state index is 11.5. The van der Waals surface area contributed by atoms with Crippen molar-refractivity contribution in [2.75, 3.05) is 24.5 Å². The van der Waals surface area contributed by atoms with E-state index in [2.05, 4.69) is 29.2 Å². The summed E-state index contributed by atoms with van der Waals surface area (Å²) in [6.07, 6.45) is 0. The molecular formula is C13H23N5O2. The molecule has 1 aliphatic heterocycles. The Morgan fingerprint density at radius 1 is 1.45 bits per heavy atom. The van der Waals surface area contributed by atoms with Gasteiger partial charge in [0.2, 0.25) is 5.82 Å². The number of rotatable bonds is 3. The molecule has 1 aromatic rings. The zero-order valence-electron chi connectivity index (χ0n) is 12.8. The molecule has 0 bridgehead atoms. The lowest BCUT2D eigenvalue weighted by molar-refractivity contribution is -0.385. The second-order valence-electron chi connectivity index (χ2n) is 6.33. The first kappa shape index (κ1) is 14.8. The molecule has 1 saturated heterocycles. The summed E-state index contributed by atoms with van der Waals surface area (Å²) in [7, 11) is 1.78. The van der Waals surface area contributed by atoms with Crippen LogP contribution in [0.4, 0.5) is 11.5 Å². The number of nitrogens with one attached hydrogen (secondary N) is 1. The molecule has 2 heterocycles. The highest BCUT2D eigenvalue weighted by atomic mass is 16.6. The van der Waals surface area contributed by atoms with Gasteiger partial charge >= 0.3 is 5.69 Å². The van der Waals surface area contributed by atoms with E-state index in [0.717, 1.165) is 19.6 Å². The van der Waals surface area contributed by atoms with Gasteiger partial charge in [-0.25, -0.2) is 4.68 Å². The van der Waals surface area contributed by atoms with Crippen LogP contribution < -0.4 is 10.2 Å². The quantitative estimate of drug-likeness (QED) is 0.673. The van der Waals surface area contributed by atoms with E-state index >= 15 is 0 Å². The molecule has 112 valence electrons. The van der Waals surface area contributed by atoms with Crippen LogP contribution in [-0.2, 0) is 7.05 Å². The third-order valence-corrected chi connectivity index (χ3v) is 3.62. The van der Waals surface area contributed by atoms with Gasteiger partial charge < -0.3 is 10.2 Å². The number of hydrogen-bond acceptors (Lipinski definition) is 5. The second-order valence-corrected chi connectivity index (χ2v) is 6.33. The number of anilines is 1. The zero-order valence-corrected chi connectivity index (χ0v) is 12.8. The Balaban J connectivity index is 2.48. The minimum absolute atomic E-state index is 0.0336. The van der Waals surface area contributed by atoms with Crippen LogP contribution in [0.2, 0.25) is 0 Å². The average Bonchev–Trinajstić information content (AvgIpc) is 2.65. The van der Waals surface area contributed by atoms with Crippen LogP contribution in [0.5, 0.6) is 0 Å². The van der Waals surface area contributed by atoms with Crippen LogP contribution >= 0.6 is 0 Å². The van der Waals surface area contributed by atoms with Gasteiger partial charge in [0.1, 0.15) is 5.69 Å². The van der Waals surface area contributed by atoms with Gasteiger partial charge in [-0.1, -0.05) is 13.8 Å². The van der Waals surface area contributed by atoms with E-state index < -0.39 is 0 Å². The van der Waals surface area contributed by atoms with Gasteiger partial charge in [-0.05, 0) is 13.8 Å². The van der Waals surface area contributed by atoms with Gasteiger partial charge in [0.15, 0.2) is 0 Å². The molecule has 1 N–H and O–H groups in total. The van der Waals surface area contributed by atoms with Crippen molar-refractivity contribution in [1.29, 1.82) is 0 Å². The van der Waals surface area contributed by atoms with Gasteiger partial charge in [0, 0.05) is 38.1 Å². The third kappa shape index (κ3) is 2.63. The maximum absolute atomic E-state index is 11.5. The Labute approximate surface area is 119 Å². The number of piperazine rings is 1. The Kier molecular flexibility index (Phi) is 3.73. The first-order valence-corrected chi connectivity index (χ1v) is 6.94. The van der Waals surface area contributed by atoms with Crippen LogP contribution in [-0.4, -0.2) is 39.9 Å². The van der Waals surface area contributed by atoms with Gasteiger partial charge in [0.05, 0.1) is 4.92 Å². The summed E-state index contributed by atoms with van der Waals surface area (Å²) in [5, 5.41) is 19.3. The normalized spacial score (nSPS) is 18.6. The molecule has 7 nitrogen and oxygen atoms in total. The summed E-state index contributed by atoms with van der Waals surface area (Å²) in [6, 6.07) is 0. The first-order chi connectivity index (χ1) is 9.23. The molecule has 0 saturated carbocycles. The molecule has 0 aromatic carbocycles. The van der Waals surface area contributed by atoms with Crippen molar-refractivity contribution in [3.8, 4) is 0 Å². The highest BCUT2D eigenvalue weighted by Crippen LogP contribution is 2.36. The molecular weight excluding hydrogens is 258 g/mol. The molecule has 20 heavy (non-hydrogen) atoms. The number of nitrogens with zero attached hydrogens (tertiary/aromatic N) is 4. The monoisotopic (exact) mass is 281 g/mol. The molecule has 7 heteroatoms. The Morgan fingerprint density at radius 3 is 2.60 bits per heavy atom. The molecule has 0 aliphatic carbocycles. The van der Waals surface area contributed by atoms with Crippen molar-refractivity contribution in [2.24, 2.45) is 7.05 Å². The molecule has 1 aromatic heterocycles. The second kappa shape index (κ2) is 5.05. The van der Waals surface area contributed by atoms with Crippen molar-refractivity contribution in [3.63, 3.8) is 0 Å². The van der Waals surface area contributed by atoms with Crippen LogP contribution in [0, 0.1) is 10.1 Å². The fourth-order valence-electron chi connectivity index (χ4n) is 2.76. The van der Waals surface area contributed by atoms with Crippen molar-refractivity contribution in [2.45, 2.75) is 39.2 Å². The summed E-state index contributed by atoms with van der Waals surface area (Å²) >= 11 is 0. The summed E-state index contributed by atoms with van der Waals surface area (Å²) < 4.78 is 1.65. The summed E-state index contributed by atoms with van der Waals surface area (Å²) in [5.41, 5.74) is 0.651. The molecule has 0 atom stereocenters. The van der Waals surface area contributed by atoms with Crippen LogP contribution in [0.3, 0.4) is 0 Å². The van der Waals surface area contributed by atoms with E-state index in [0.29, 0.717) is 11.5 Å². The molecule has 0 amide bonds. The summed E-state index contributed by atoms with van der Waals surface area (Å²) in [6.45, 7) is 10.4. The predicted octanol–water partition coefficient (Wildman–Crippen LogP) is 1.64. The van der Waals surface area contributed by atoms with E-state index in [1.165, 1.54) is 0 Å². The fourth-order valence-corrected chi connectivity index (χ4v) is 2.76. The lowest BCUT2D eigenvalue weighted by atomic mass is 10.0. The topological polar surface area (TPSA) is 76.2 Å². The molecule has 0 spiro atoms. The number of aryl methyl sites for hydroxylation is 1. The number of hydrogen-bond donors (Lipinski definition) is 1. The molecule has 0 unspecified atom stereocenters. The minimum Gasteiger partial charge on any atom is -0.348 e. The Bertz CT molecular complexity index is 521.